The van der Waals surface area contributed by atoms with Gasteiger partial charge in [-0.3, -0.25) is 0 Å². The molecule has 0 bridgehead atoms. The molecule has 1 aromatic heterocycles. The molecule has 0 aliphatic rings. The molecule has 1 rings (SSSR count). The maximum atomic E-state index is 11.2. The molecule has 0 aliphatic heterocycles. The van der Waals surface area contributed by atoms with Gasteiger partial charge in [0.15, 0.2) is 0 Å². The normalized spacial score (nSPS) is 10.0. The monoisotopic (exact) mass is 199 g/mol. The van der Waals surface area contributed by atoms with Crippen LogP contribution in [0.15, 0.2) is 12.1 Å². The van der Waals surface area contributed by atoms with E-state index in [0.717, 1.165) is 11.3 Å². The molecule has 2 N–H and O–H groups in total. The molecule has 0 amide bonds. The van der Waals surface area contributed by atoms with Gasteiger partial charge in [-0.25, -0.2) is 4.79 Å². The van der Waals surface area contributed by atoms with Crippen molar-refractivity contribution in [2.45, 2.75) is 13.3 Å². The fourth-order valence-electron chi connectivity index (χ4n) is 0.966. The standard InChI is InChI=1S/C9H13NO2S/c1-2-12-9(11)8-4-3-7(13-8)5-6-10/h3-4H,2,5-6,10H2,1H3. The second kappa shape index (κ2) is 4.99. The fraction of sp³-hybridized carbons (Fsp3) is 0.444. The lowest BCUT2D eigenvalue weighted by atomic mass is 10.3. The van der Waals surface area contributed by atoms with Gasteiger partial charge in [0.05, 0.1) is 6.61 Å². The fourth-order valence-corrected chi connectivity index (χ4v) is 1.88. The van der Waals surface area contributed by atoms with Gasteiger partial charge in [0.25, 0.3) is 0 Å². The Morgan fingerprint density at radius 2 is 2.38 bits per heavy atom. The van der Waals surface area contributed by atoms with Crippen molar-refractivity contribution in [2.24, 2.45) is 5.73 Å². The van der Waals surface area contributed by atoms with E-state index in [1.807, 2.05) is 6.07 Å². The van der Waals surface area contributed by atoms with Crippen LogP contribution < -0.4 is 5.73 Å². The van der Waals surface area contributed by atoms with Crippen molar-refractivity contribution in [3.05, 3.63) is 21.9 Å². The maximum absolute atomic E-state index is 11.2. The third kappa shape index (κ3) is 2.82. The average Bonchev–Trinajstić information content (AvgIpc) is 2.54. The molecule has 0 atom stereocenters. The molecule has 13 heavy (non-hydrogen) atoms. The number of carbonyl (C=O) groups excluding carboxylic acids is 1. The Hall–Kier alpha value is -0.870. The van der Waals surface area contributed by atoms with Gasteiger partial charge in [-0.05, 0) is 32.0 Å². The lowest BCUT2D eigenvalue weighted by molar-refractivity contribution is 0.0532. The van der Waals surface area contributed by atoms with Crippen LogP contribution in [0.25, 0.3) is 0 Å². The number of esters is 1. The van der Waals surface area contributed by atoms with Gasteiger partial charge >= 0.3 is 5.97 Å². The van der Waals surface area contributed by atoms with Crippen molar-refractivity contribution >= 4 is 17.3 Å². The van der Waals surface area contributed by atoms with Crippen LogP contribution in [0.3, 0.4) is 0 Å². The summed E-state index contributed by atoms with van der Waals surface area (Å²) in [5.41, 5.74) is 5.40. The first-order valence-electron chi connectivity index (χ1n) is 4.23. The number of rotatable bonds is 4. The summed E-state index contributed by atoms with van der Waals surface area (Å²) < 4.78 is 4.86. The first-order valence-corrected chi connectivity index (χ1v) is 5.05. The van der Waals surface area contributed by atoms with E-state index in [4.69, 9.17) is 10.5 Å². The Morgan fingerprint density at radius 3 is 3.00 bits per heavy atom. The summed E-state index contributed by atoms with van der Waals surface area (Å²) in [6, 6.07) is 3.71. The Kier molecular flexibility index (Phi) is 3.92. The van der Waals surface area contributed by atoms with Crippen LogP contribution in [-0.4, -0.2) is 19.1 Å². The topological polar surface area (TPSA) is 52.3 Å². The minimum atomic E-state index is -0.240. The lowest BCUT2D eigenvalue weighted by Gasteiger charge is -1.96. The van der Waals surface area contributed by atoms with Crippen molar-refractivity contribution in [3.8, 4) is 0 Å². The van der Waals surface area contributed by atoms with Crippen molar-refractivity contribution < 1.29 is 9.53 Å². The number of hydrogen-bond donors (Lipinski definition) is 1. The highest BCUT2D eigenvalue weighted by molar-refractivity contribution is 7.13. The zero-order valence-electron chi connectivity index (χ0n) is 7.58. The summed E-state index contributed by atoms with van der Waals surface area (Å²) in [6.45, 7) is 2.83. The minimum Gasteiger partial charge on any atom is -0.462 e. The number of ether oxygens (including phenoxy) is 1. The third-order valence-corrected chi connectivity index (χ3v) is 2.65. The summed E-state index contributed by atoms with van der Waals surface area (Å²) in [6.07, 6.45) is 0.823. The Morgan fingerprint density at radius 1 is 1.62 bits per heavy atom. The molecule has 3 nitrogen and oxygen atoms in total. The van der Waals surface area contributed by atoms with E-state index >= 15 is 0 Å². The number of carbonyl (C=O) groups is 1. The summed E-state index contributed by atoms with van der Waals surface area (Å²) in [5, 5.41) is 0. The van der Waals surface area contributed by atoms with E-state index in [9.17, 15) is 4.79 Å². The van der Waals surface area contributed by atoms with E-state index in [-0.39, 0.29) is 5.97 Å². The molecule has 72 valence electrons. The molecular formula is C9H13NO2S. The quantitative estimate of drug-likeness (QED) is 0.746. The first kappa shape index (κ1) is 10.2. The van der Waals surface area contributed by atoms with E-state index in [1.165, 1.54) is 11.3 Å². The highest BCUT2D eigenvalue weighted by Crippen LogP contribution is 2.17. The highest BCUT2D eigenvalue weighted by atomic mass is 32.1. The SMILES string of the molecule is CCOC(=O)c1ccc(CCN)s1. The van der Waals surface area contributed by atoms with Crippen molar-refractivity contribution in [1.82, 2.24) is 0 Å². The van der Waals surface area contributed by atoms with Crippen LogP contribution in [0.1, 0.15) is 21.5 Å². The Bertz CT molecular complexity index is 283. The smallest absolute Gasteiger partial charge is 0.348 e. The van der Waals surface area contributed by atoms with Crippen molar-refractivity contribution in [1.29, 1.82) is 0 Å². The summed E-state index contributed by atoms with van der Waals surface area (Å²) >= 11 is 1.45. The van der Waals surface area contributed by atoms with Gasteiger partial charge < -0.3 is 10.5 Å². The van der Waals surface area contributed by atoms with E-state index < -0.39 is 0 Å². The third-order valence-electron chi connectivity index (χ3n) is 1.53. The van der Waals surface area contributed by atoms with E-state index in [2.05, 4.69) is 0 Å². The van der Waals surface area contributed by atoms with Crippen LogP contribution in [0.5, 0.6) is 0 Å². The molecule has 1 aromatic rings. The van der Waals surface area contributed by atoms with Crippen molar-refractivity contribution in [2.75, 3.05) is 13.2 Å². The average molecular weight is 199 g/mol. The van der Waals surface area contributed by atoms with Crippen LogP contribution >= 0.6 is 11.3 Å². The maximum Gasteiger partial charge on any atom is 0.348 e. The zero-order valence-corrected chi connectivity index (χ0v) is 8.39. The predicted molar refractivity (Wildman–Crippen MR) is 53.0 cm³/mol. The van der Waals surface area contributed by atoms with Crippen LogP contribution in [0.2, 0.25) is 0 Å². The molecular weight excluding hydrogens is 186 g/mol. The molecule has 0 unspecified atom stereocenters. The van der Waals surface area contributed by atoms with Crippen molar-refractivity contribution in [3.63, 3.8) is 0 Å². The molecule has 0 aromatic carbocycles. The molecule has 1 heterocycles. The number of thiophene rings is 1. The molecule has 0 fully saturated rings. The molecule has 0 saturated carbocycles. The Labute approximate surface area is 81.5 Å². The summed E-state index contributed by atoms with van der Waals surface area (Å²) in [4.78, 5) is 13.0. The van der Waals surface area contributed by atoms with Gasteiger partial charge in [-0.1, -0.05) is 0 Å². The van der Waals surface area contributed by atoms with Gasteiger partial charge in [0.2, 0.25) is 0 Å². The van der Waals surface area contributed by atoms with Gasteiger partial charge in [0.1, 0.15) is 4.88 Å². The van der Waals surface area contributed by atoms with Crippen LogP contribution in [0, 0.1) is 0 Å². The second-order valence-corrected chi connectivity index (χ2v) is 3.69. The largest absolute Gasteiger partial charge is 0.462 e. The molecule has 0 aliphatic carbocycles. The van der Waals surface area contributed by atoms with Crippen LogP contribution in [-0.2, 0) is 11.2 Å². The highest BCUT2D eigenvalue weighted by Gasteiger charge is 2.08. The summed E-state index contributed by atoms with van der Waals surface area (Å²) in [7, 11) is 0. The predicted octanol–water partition coefficient (Wildman–Crippen LogP) is 1.43. The zero-order chi connectivity index (χ0) is 9.68. The first-order chi connectivity index (χ1) is 6.27. The number of hydrogen-bond acceptors (Lipinski definition) is 4. The number of nitrogens with two attached hydrogens (primary N) is 1. The van der Waals surface area contributed by atoms with E-state index in [0.29, 0.717) is 18.0 Å². The van der Waals surface area contributed by atoms with Gasteiger partial charge in [0, 0.05) is 4.88 Å². The van der Waals surface area contributed by atoms with Gasteiger partial charge in [-0.15, -0.1) is 11.3 Å². The van der Waals surface area contributed by atoms with E-state index in [1.54, 1.807) is 13.0 Å². The Balaban J connectivity index is 2.62. The molecule has 4 heteroatoms. The molecule has 0 radical (unpaired) electrons. The molecule has 0 saturated heterocycles. The second-order valence-electron chi connectivity index (χ2n) is 2.53. The lowest BCUT2D eigenvalue weighted by Crippen LogP contribution is -2.02. The molecule has 0 spiro atoms. The minimum absolute atomic E-state index is 0.240. The summed E-state index contributed by atoms with van der Waals surface area (Å²) in [5.74, 6) is -0.240. The van der Waals surface area contributed by atoms with Crippen LogP contribution in [0.4, 0.5) is 0 Å². The van der Waals surface area contributed by atoms with Gasteiger partial charge in [-0.2, -0.15) is 0 Å².